The van der Waals surface area contributed by atoms with Gasteiger partial charge in [-0.3, -0.25) is 9.69 Å². The molecule has 0 aliphatic carbocycles. The summed E-state index contributed by atoms with van der Waals surface area (Å²) in [6, 6.07) is 31.6. The molecule has 0 spiro atoms. The Balaban J connectivity index is 1.56. The van der Waals surface area contributed by atoms with E-state index in [9.17, 15) is 9.90 Å². The molecule has 1 heterocycles. The van der Waals surface area contributed by atoms with Crippen molar-refractivity contribution >= 4 is 5.97 Å². The zero-order valence-electron chi connectivity index (χ0n) is 23.0. The fraction of sp³-hybridized carbons (Fsp3) is 0.265. The first-order chi connectivity index (χ1) is 19.6. The minimum atomic E-state index is -0.799. The Morgan fingerprint density at radius 3 is 2.02 bits per heavy atom. The molecule has 2 atom stereocenters. The Labute approximate surface area is 235 Å². The van der Waals surface area contributed by atoms with Crippen molar-refractivity contribution in [2.24, 2.45) is 0 Å². The van der Waals surface area contributed by atoms with Crippen LogP contribution in [0.5, 0.6) is 17.2 Å². The largest absolute Gasteiger partial charge is 0.493 e. The van der Waals surface area contributed by atoms with Crippen molar-refractivity contribution in [3.8, 4) is 28.4 Å². The molecule has 0 amide bonds. The van der Waals surface area contributed by atoms with E-state index in [-0.39, 0.29) is 6.04 Å². The van der Waals surface area contributed by atoms with Gasteiger partial charge in [0.05, 0.1) is 20.3 Å². The van der Waals surface area contributed by atoms with Gasteiger partial charge >= 0.3 is 5.97 Å². The van der Waals surface area contributed by atoms with E-state index in [1.54, 1.807) is 14.2 Å². The number of methoxy groups -OCH3 is 2. The molecule has 1 saturated heterocycles. The number of carboxylic acids is 1. The van der Waals surface area contributed by atoms with E-state index in [0.29, 0.717) is 36.8 Å². The predicted octanol–water partition coefficient (Wildman–Crippen LogP) is 6.98. The number of nitrogens with zero attached hydrogens (tertiary/aromatic N) is 1. The lowest BCUT2D eigenvalue weighted by Crippen LogP contribution is -2.46. The molecule has 206 valence electrons. The maximum absolute atomic E-state index is 12.4. The number of carbonyl (C=O) groups is 1. The summed E-state index contributed by atoms with van der Waals surface area (Å²) in [5, 5.41) is 10.2. The van der Waals surface area contributed by atoms with Crippen molar-refractivity contribution in [1.29, 1.82) is 0 Å². The normalized spacial score (nSPS) is 16.2. The van der Waals surface area contributed by atoms with E-state index >= 15 is 0 Å². The van der Waals surface area contributed by atoms with Gasteiger partial charge < -0.3 is 19.3 Å². The van der Waals surface area contributed by atoms with E-state index in [1.165, 1.54) is 0 Å². The highest BCUT2D eigenvalue weighted by atomic mass is 16.5. The molecule has 5 rings (SSSR count). The molecule has 6 heteroatoms. The fourth-order valence-electron chi connectivity index (χ4n) is 5.52. The van der Waals surface area contributed by atoms with Crippen molar-refractivity contribution in [3.63, 3.8) is 0 Å². The molecule has 2 unspecified atom stereocenters. The summed E-state index contributed by atoms with van der Waals surface area (Å²) in [6.45, 7) is 1.05. The lowest BCUT2D eigenvalue weighted by Gasteiger charge is -2.40. The maximum atomic E-state index is 12.4. The van der Waals surface area contributed by atoms with Crippen LogP contribution in [0.25, 0.3) is 11.1 Å². The third-order valence-electron chi connectivity index (χ3n) is 7.52. The first kappa shape index (κ1) is 27.3. The molecule has 0 bridgehead atoms. The molecule has 1 fully saturated rings. The Kier molecular flexibility index (Phi) is 8.67. The van der Waals surface area contributed by atoms with Crippen LogP contribution in [0.2, 0.25) is 0 Å². The third kappa shape index (κ3) is 5.97. The van der Waals surface area contributed by atoms with Crippen LogP contribution in [0.3, 0.4) is 0 Å². The topological polar surface area (TPSA) is 68.2 Å². The van der Waals surface area contributed by atoms with E-state index < -0.39 is 12.0 Å². The second-order valence-corrected chi connectivity index (χ2v) is 10.0. The van der Waals surface area contributed by atoms with Gasteiger partial charge in [-0.15, -0.1) is 0 Å². The average molecular weight is 538 g/mol. The summed E-state index contributed by atoms with van der Waals surface area (Å²) in [5.41, 5.74) is 5.17. The van der Waals surface area contributed by atoms with Crippen molar-refractivity contribution in [2.45, 2.75) is 38.0 Å². The van der Waals surface area contributed by atoms with Crippen molar-refractivity contribution in [1.82, 2.24) is 4.90 Å². The number of ether oxygens (including phenoxy) is 3. The van der Waals surface area contributed by atoms with E-state index in [1.807, 2.05) is 60.7 Å². The monoisotopic (exact) mass is 537 g/mol. The van der Waals surface area contributed by atoms with Gasteiger partial charge in [-0.25, -0.2) is 0 Å². The average Bonchev–Trinajstić information content (AvgIpc) is 3.01. The number of piperidine rings is 1. The Morgan fingerprint density at radius 2 is 1.43 bits per heavy atom. The van der Waals surface area contributed by atoms with Crippen LogP contribution in [0.1, 0.15) is 42.0 Å². The molecule has 1 aliphatic heterocycles. The van der Waals surface area contributed by atoms with Gasteiger partial charge in [0.15, 0.2) is 11.5 Å². The van der Waals surface area contributed by atoms with Gasteiger partial charge in [-0.05, 0) is 59.3 Å². The smallest absolute Gasteiger partial charge is 0.320 e. The zero-order chi connectivity index (χ0) is 27.9. The predicted molar refractivity (Wildman–Crippen MR) is 156 cm³/mol. The number of hydrogen-bond acceptors (Lipinski definition) is 5. The van der Waals surface area contributed by atoms with Crippen molar-refractivity contribution in [2.75, 3.05) is 20.8 Å². The van der Waals surface area contributed by atoms with Gasteiger partial charge in [-0.2, -0.15) is 0 Å². The lowest BCUT2D eigenvalue weighted by molar-refractivity contribution is -0.145. The summed E-state index contributed by atoms with van der Waals surface area (Å²) in [5.74, 6) is 0.803. The molecule has 4 aromatic carbocycles. The van der Waals surface area contributed by atoms with Gasteiger partial charge in [0.25, 0.3) is 0 Å². The Hall–Kier alpha value is -4.29. The molecular weight excluding hydrogens is 502 g/mol. The fourth-order valence-corrected chi connectivity index (χ4v) is 5.52. The molecule has 4 aromatic rings. The maximum Gasteiger partial charge on any atom is 0.320 e. The number of hydrogen-bond donors (Lipinski definition) is 1. The van der Waals surface area contributed by atoms with Crippen molar-refractivity contribution < 1.29 is 24.1 Å². The molecule has 0 saturated carbocycles. The number of benzene rings is 4. The summed E-state index contributed by atoms with van der Waals surface area (Å²) < 4.78 is 17.8. The van der Waals surface area contributed by atoms with Crippen LogP contribution in [-0.4, -0.2) is 42.8 Å². The van der Waals surface area contributed by atoms with Gasteiger partial charge in [0.2, 0.25) is 5.75 Å². The second-order valence-electron chi connectivity index (χ2n) is 10.0. The van der Waals surface area contributed by atoms with Gasteiger partial charge in [-0.1, -0.05) is 91.3 Å². The summed E-state index contributed by atoms with van der Waals surface area (Å²) in [7, 11) is 3.22. The third-order valence-corrected chi connectivity index (χ3v) is 7.52. The highest BCUT2D eigenvalue weighted by Gasteiger charge is 2.36. The number of aliphatic carboxylic acids is 1. The summed E-state index contributed by atoms with van der Waals surface area (Å²) >= 11 is 0. The Bertz CT molecular complexity index is 1380. The van der Waals surface area contributed by atoms with E-state index in [0.717, 1.165) is 40.7 Å². The SMILES string of the molecule is COc1cc(C(c2ccc(-c3ccccc3)cc2)N2CCCCC2C(=O)O)cc(OC)c1OCc1ccccc1. The number of likely N-dealkylation sites (tertiary alicyclic amines) is 1. The van der Waals surface area contributed by atoms with Crippen LogP contribution in [0.4, 0.5) is 0 Å². The summed E-state index contributed by atoms with van der Waals surface area (Å²) in [6.07, 6.45) is 2.45. The number of carboxylic acid groups (broad SMARTS) is 1. The minimum absolute atomic E-state index is 0.308. The molecule has 40 heavy (non-hydrogen) atoms. The molecule has 0 radical (unpaired) electrons. The molecule has 1 N–H and O–H groups in total. The highest BCUT2D eigenvalue weighted by Crippen LogP contribution is 2.44. The van der Waals surface area contributed by atoms with Crippen molar-refractivity contribution in [3.05, 3.63) is 114 Å². The zero-order valence-corrected chi connectivity index (χ0v) is 23.0. The molecule has 6 nitrogen and oxygen atoms in total. The van der Waals surface area contributed by atoms with E-state index in [2.05, 4.69) is 41.3 Å². The van der Waals surface area contributed by atoms with Crippen LogP contribution in [0, 0.1) is 0 Å². The molecule has 0 aromatic heterocycles. The second kappa shape index (κ2) is 12.7. The quantitative estimate of drug-likeness (QED) is 0.235. The molecule has 1 aliphatic rings. The van der Waals surface area contributed by atoms with Crippen LogP contribution < -0.4 is 14.2 Å². The van der Waals surface area contributed by atoms with Crippen LogP contribution in [0.15, 0.2) is 97.1 Å². The first-order valence-corrected chi connectivity index (χ1v) is 13.7. The molecular formula is C34H35NO5. The van der Waals surface area contributed by atoms with Gasteiger partial charge in [0.1, 0.15) is 12.6 Å². The number of rotatable bonds is 10. The lowest BCUT2D eigenvalue weighted by atomic mass is 9.90. The van der Waals surface area contributed by atoms with E-state index in [4.69, 9.17) is 14.2 Å². The van der Waals surface area contributed by atoms with Crippen LogP contribution >= 0.6 is 0 Å². The van der Waals surface area contributed by atoms with Crippen LogP contribution in [-0.2, 0) is 11.4 Å². The first-order valence-electron chi connectivity index (χ1n) is 13.7. The minimum Gasteiger partial charge on any atom is -0.493 e. The highest BCUT2D eigenvalue weighted by molar-refractivity contribution is 5.74. The Morgan fingerprint density at radius 1 is 0.825 bits per heavy atom. The van der Waals surface area contributed by atoms with Gasteiger partial charge in [0, 0.05) is 0 Å². The summed E-state index contributed by atoms with van der Waals surface area (Å²) in [4.78, 5) is 14.5. The standard InChI is InChI=1S/C34H35NO5/c1-38-30-21-28(22-31(39-2)33(30)40-23-24-11-5-3-6-12-24)32(35-20-10-9-15-29(35)34(36)37)27-18-16-26(17-19-27)25-13-7-4-8-14-25/h3-8,11-14,16-19,21-22,29,32H,9-10,15,20,23H2,1-2H3,(H,36,37).